The van der Waals surface area contributed by atoms with Gasteiger partial charge in [-0.15, -0.1) is 0 Å². The van der Waals surface area contributed by atoms with Crippen molar-refractivity contribution in [2.45, 2.75) is 65.5 Å². The van der Waals surface area contributed by atoms with Crippen LogP contribution in [0.4, 0.5) is 0 Å². The van der Waals surface area contributed by atoms with Gasteiger partial charge >= 0.3 is 0 Å². The van der Waals surface area contributed by atoms with E-state index in [4.69, 9.17) is 0 Å². The monoisotopic (exact) mass is 313 g/mol. The standard InChI is InChI=1S/C20H28N2O/c1-4-15-9-10-19-17(12-15)20(23)18(14(3)21-19)13-22-11-7-6-8-16(22)5-2/h9-10,12,16H,4-8,11,13H2,1-3H3,(H,21,23)/p+1/t16-/m1/s1. The normalized spacial score (nSPS) is 21.7. The molecule has 0 bridgehead atoms. The number of fused-ring (bicyclic) bond motifs is 1. The van der Waals surface area contributed by atoms with Gasteiger partial charge in [0.1, 0.15) is 6.54 Å². The Morgan fingerprint density at radius 1 is 1.26 bits per heavy atom. The van der Waals surface area contributed by atoms with Crippen molar-refractivity contribution in [1.29, 1.82) is 0 Å². The van der Waals surface area contributed by atoms with Crippen molar-refractivity contribution in [3.05, 3.63) is 45.2 Å². The number of quaternary nitrogens is 1. The minimum absolute atomic E-state index is 0.236. The van der Waals surface area contributed by atoms with Crippen LogP contribution < -0.4 is 10.3 Å². The third kappa shape index (κ3) is 3.20. The zero-order valence-corrected chi connectivity index (χ0v) is 14.7. The molecule has 1 saturated heterocycles. The SMILES string of the molecule is CCc1ccc2[nH]c(C)c(C[NH+]3CCCC[C@H]3CC)c(=O)c2c1. The summed E-state index contributed by atoms with van der Waals surface area (Å²) in [7, 11) is 0. The van der Waals surface area contributed by atoms with Crippen LogP contribution in [0.2, 0.25) is 0 Å². The second-order valence-electron chi connectivity index (χ2n) is 6.98. The zero-order valence-electron chi connectivity index (χ0n) is 14.7. The average molecular weight is 313 g/mol. The largest absolute Gasteiger partial charge is 0.358 e. The maximum atomic E-state index is 13.1. The molecule has 23 heavy (non-hydrogen) atoms. The molecule has 124 valence electrons. The first-order valence-electron chi connectivity index (χ1n) is 9.13. The summed E-state index contributed by atoms with van der Waals surface area (Å²) in [6, 6.07) is 6.94. The lowest BCUT2D eigenvalue weighted by Crippen LogP contribution is -3.15. The number of H-pyrrole nitrogens is 1. The van der Waals surface area contributed by atoms with Crippen LogP contribution in [0.1, 0.15) is 56.4 Å². The summed E-state index contributed by atoms with van der Waals surface area (Å²) in [6.07, 6.45) is 6.11. The number of nitrogens with one attached hydrogen (secondary N) is 2. The molecule has 1 aromatic carbocycles. The maximum absolute atomic E-state index is 13.1. The van der Waals surface area contributed by atoms with Gasteiger partial charge in [0.15, 0.2) is 5.43 Å². The third-order valence-electron chi connectivity index (χ3n) is 5.56. The van der Waals surface area contributed by atoms with Gasteiger partial charge in [0.2, 0.25) is 0 Å². The molecular weight excluding hydrogens is 284 g/mol. The second-order valence-corrected chi connectivity index (χ2v) is 6.98. The van der Waals surface area contributed by atoms with E-state index in [1.807, 2.05) is 6.92 Å². The summed E-state index contributed by atoms with van der Waals surface area (Å²) in [5, 5.41) is 0.856. The fourth-order valence-corrected chi connectivity index (χ4v) is 4.03. The van der Waals surface area contributed by atoms with Crippen molar-refractivity contribution in [2.75, 3.05) is 6.54 Å². The van der Waals surface area contributed by atoms with Crippen LogP contribution in [-0.4, -0.2) is 17.6 Å². The molecule has 0 aliphatic carbocycles. The van der Waals surface area contributed by atoms with Crippen molar-refractivity contribution in [3.8, 4) is 0 Å². The second kappa shape index (κ2) is 6.88. The fraction of sp³-hybridized carbons (Fsp3) is 0.550. The highest BCUT2D eigenvalue weighted by molar-refractivity contribution is 5.80. The van der Waals surface area contributed by atoms with Gasteiger partial charge in [-0.05, 0) is 56.7 Å². The Hall–Kier alpha value is -1.61. The van der Waals surface area contributed by atoms with E-state index in [2.05, 4.69) is 37.0 Å². The van der Waals surface area contributed by atoms with Gasteiger partial charge in [0.05, 0.1) is 18.2 Å². The van der Waals surface area contributed by atoms with Gasteiger partial charge in [0.25, 0.3) is 0 Å². The first-order chi connectivity index (χ1) is 11.1. The Kier molecular flexibility index (Phi) is 4.86. The maximum Gasteiger partial charge on any atom is 0.198 e. The minimum Gasteiger partial charge on any atom is -0.358 e. The molecule has 1 fully saturated rings. The van der Waals surface area contributed by atoms with Crippen molar-refractivity contribution in [2.24, 2.45) is 0 Å². The third-order valence-corrected chi connectivity index (χ3v) is 5.56. The molecule has 2 N–H and O–H groups in total. The van der Waals surface area contributed by atoms with E-state index in [1.165, 1.54) is 37.8 Å². The zero-order chi connectivity index (χ0) is 16.4. The summed E-state index contributed by atoms with van der Waals surface area (Å²) in [5.41, 5.74) is 4.46. The van der Waals surface area contributed by atoms with Crippen LogP contribution >= 0.6 is 0 Å². The molecule has 1 aliphatic rings. The van der Waals surface area contributed by atoms with Crippen molar-refractivity contribution in [1.82, 2.24) is 4.98 Å². The topological polar surface area (TPSA) is 37.3 Å². The summed E-state index contributed by atoms with van der Waals surface area (Å²) in [6.45, 7) is 8.53. The summed E-state index contributed by atoms with van der Waals surface area (Å²) < 4.78 is 0. The molecule has 0 radical (unpaired) electrons. The Labute approximate surface area is 138 Å². The van der Waals surface area contributed by atoms with Crippen LogP contribution in [0.5, 0.6) is 0 Å². The van der Waals surface area contributed by atoms with Gasteiger partial charge in [-0.25, -0.2) is 0 Å². The number of hydrogen-bond acceptors (Lipinski definition) is 1. The van der Waals surface area contributed by atoms with Gasteiger partial charge < -0.3 is 9.88 Å². The average Bonchev–Trinajstić information content (AvgIpc) is 2.58. The number of hydrogen-bond donors (Lipinski definition) is 2. The fourth-order valence-electron chi connectivity index (χ4n) is 4.03. The molecule has 2 aromatic rings. The van der Waals surface area contributed by atoms with Crippen LogP contribution in [0.15, 0.2) is 23.0 Å². The molecule has 2 heterocycles. The number of rotatable bonds is 4. The predicted octanol–water partition coefficient (Wildman–Crippen LogP) is 2.75. The Bertz CT molecular complexity index is 747. The molecule has 0 amide bonds. The van der Waals surface area contributed by atoms with E-state index in [1.54, 1.807) is 4.90 Å². The van der Waals surface area contributed by atoms with Crippen LogP contribution in [0.25, 0.3) is 10.9 Å². The van der Waals surface area contributed by atoms with Crippen LogP contribution in [0.3, 0.4) is 0 Å². The number of pyridine rings is 1. The molecule has 3 heteroatoms. The first-order valence-corrected chi connectivity index (χ1v) is 9.13. The summed E-state index contributed by atoms with van der Waals surface area (Å²) in [4.78, 5) is 18.1. The smallest absolute Gasteiger partial charge is 0.198 e. The van der Waals surface area contributed by atoms with Gasteiger partial charge in [0, 0.05) is 16.6 Å². The Balaban J connectivity index is 2.01. The Morgan fingerprint density at radius 3 is 2.83 bits per heavy atom. The number of likely N-dealkylation sites (tertiary alicyclic amines) is 1. The molecule has 3 nitrogen and oxygen atoms in total. The van der Waals surface area contributed by atoms with Crippen LogP contribution in [-0.2, 0) is 13.0 Å². The molecular formula is C20H29N2O+. The van der Waals surface area contributed by atoms with Gasteiger partial charge in [-0.3, -0.25) is 4.79 Å². The molecule has 2 atom stereocenters. The number of aromatic amines is 1. The molecule has 0 saturated carbocycles. The molecule has 3 rings (SSSR count). The Morgan fingerprint density at radius 2 is 2.09 bits per heavy atom. The van der Waals surface area contributed by atoms with E-state index in [-0.39, 0.29) is 5.43 Å². The van der Waals surface area contributed by atoms with E-state index >= 15 is 0 Å². The number of piperidine rings is 1. The van der Waals surface area contributed by atoms with Crippen LogP contribution in [0, 0.1) is 6.92 Å². The molecule has 0 spiro atoms. The highest BCUT2D eigenvalue weighted by atomic mass is 16.1. The summed E-state index contributed by atoms with van der Waals surface area (Å²) in [5.74, 6) is 0. The highest BCUT2D eigenvalue weighted by Gasteiger charge is 2.26. The number of aromatic nitrogens is 1. The quantitative estimate of drug-likeness (QED) is 0.895. The number of aryl methyl sites for hydroxylation is 2. The number of benzene rings is 1. The molecule has 1 aliphatic heterocycles. The van der Waals surface area contributed by atoms with E-state index in [0.29, 0.717) is 6.04 Å². The first kappa shape index (κ1) is 16.3. The van der Waals surface area contributed by atoms with E-state index in [0.717, 1.165) is 35.1 Å². The van der Waals surface area contributed by atoms with Crippen molar-refractivity contribution in [3.63, 3.8) is 0 Å². The highest BCUT2D eigenvalue weighted by Crippen LogP contribution is 2.14. The lowest BCUT2D eigenvalue weighted by atomic mass is 9.98. The predicted molar refractivity (Wildman–Crippen MR) is 96.1 cm³/mol. The van der Waals surface area contributed by atoms with Gasteiger partial charge in [-0.2, -0.15) is 0 Å². The molecule has 1 unspecified atom stereocenters. The van der Waals surface area contributed by atoms with Crippen molar-refractivity contribution < 1.29 is 4.90 Å². The van der Waals surface area contributed by atoms with E-state index < -0.39 is 0 Å². The van der Waals surface area contributed by atoms with Gasteiger partial charge in [-0.1, -0.05) is 19.9 Å². The summed E-state index contributed by atoms with van der Waals surface area (Å²) >= 11 is 0. The minimum atomic E-state index is 0.236. The van der Waals surface area contributed by atoms with Crippen molar-refractivity contribution >= 4 is 10.9 Å². The lowest BCUT2D eigenvalue weighted by Gasteiger charge is -2.32. The molecule has 1 aromatic heterocycles. The van der Waals surface area contributed by atoms with E-state index in [9.17, 15) is 4.79 Å². The lowest BCUT2D eigenvalue weighted by molar-refractivity contribution is -0.944.